The van der Waals surface area contributed by atoms with Gasteiger partial charge >= 0.3 is 0 Å². The van der Waals surface area contributed by atoms with Crippen LogP contribution in [-0.2, 0) is 6.42 Å². The van der Waals surface area contributed by atoms with Gasteiger partial charge in [-0.05, 0) is 31.4 Å². The van der Waals surface area contributed by atoms with Gasteiger partial charge in [-0.25, -0.2) is 9.97 Å². The highest BCUT2D eigenvalue weighted by Crippen LogP contribution is 2.09. The largest absolute Gasteiger partial charge is 0.279 e. The molecule has 2 aromatic rings. The van der Waals surface area contributed by atoms with E-state index in [-0.39, 0.29) is 0 Å². The molecule has 5 heteroatoms. The van der Waals surface area contributed by atoms with Gasteiger partial charge in [0.2, 0.25) is 0 Å². The van der Waals surface area contributed by atoms with E-state index in [1.165, 1.54) is 0 Å². The minimum atomic E-state index is 0.718. The minimum Gasteiger partial charge on any atom is -0.279 e. The number of nitrogens with zero attached hydrogens (tertiary/aromatic N) is 3. The van der Waals surface area contributed by atoms with Crippen LogP contribution in [0, 0.1) is 0 Å². The summed E-state index contributed by atoms with van der Waals surface area (Å²) in [7, 11) is 0. The molecule has 0 bridgehead atoms. The van der Waals surface area contributed by atoms with Gasteiger partial charge in [0.15, 0.2) is 5.16 Å². The molecule has 0 aliphatic rings. The summed E-state index contributed by atoms with van der Waals surface area (Å²) in [6.45, 7) is 1.98. The Hall–Kier alpha value is -1.88. The van der Waals surface area contributed by atoms with Crippen molar-refractivity contribution in [2.24, 2.45) is 5.10 Å². The van der Waals surface area contributed by atoms with Gasteiger partial charge in [0.05, 0.1) is 11.4 Å². The summed E-state index contributed by atoms with van der Waals surface area (Å²) in [5, 5.41) is 5.14. The predicted molar refractivity (Wildman–Crippen MR) is 80.7 cm³/mol. The average molecular weight is 272 g/mol. The minimum absolute atomic E-state index is 0.718. The van der Waals surface area contributed by atoms with Crippen LogP contribution in [-0.4, -0.2) is 21.9 Å². The molecule has 1 N–H and O–H groups in total. The van der Waals surface area contributed by atoms with Crippen molar-refractivity contribution < 1.29 is 0 Å². The third-order valence-corrected chi connectivity index (χ3v) is 3.02. The first-order valence-corrected chi connectivity index (χ1v) is 7.20. The zero-order valence-corrected chi connectivity index (χ0v) is 11.8. The molecule has 1 aromatic heterocycles. The van der Waals surface area contributed by atoms with Crippen molar-refractivity contribution in [2.45, 2.75) is 18.5 Å². The highest BCUT2D eigenvalue weighted by molar-refractivity contribution is 7.98. The molecule has 0 radical (unpaired) electrons. The van der Waals surface area contributed by atoms with Gasteiger partial charge in [-0.2, -0.15) is 5.10 Å². The Morgan fingerprint density at radius 2 is 2.05 bits per heavy atom. The fourth-order valence-corrected chi connectivity index (χ4v) is 1.92. The molecular formula is C14H16N4S. The van der Waals surface area contributed by atoms with Crippen LogP contribution in [0.5, 0.6) is 0 Å². The molecule has 0 spiro atoms. The second-order valence-electron chi connectivity index (χ2n) is 4.04. The summed E-state index contributed by atoms with van der Waals surface area (Å²) in [6, 6.07) is 11.8. The first-order chi connectivity index (χ1) is 9.28. The zero-order valence-electron chi connectivity index (χ0n) is 11.0. The molecule has 0 aliphatic carbocycles. The molecule has 0 saturated heterocycles. The van der Waals surface area contributed by atoms with Crippen LogP contribution in [0.4, 0.5) is 5.69 Å². The van der Waals surface area contributed by atoms with Crippen LogP contribution in [0.15, 0.2) is 52.9 Å². The predicted octanol–water partition coefficient (Wildman–Crippen LogP) is 3.23. The van der Waals surface area contributed by atoms with Crippen molar-refractivity contribution in [3.63, 3.8) is 0 Å². The highest BCUT2D eigenvalue weighted by Gasteiger charge is 2.00. The molecule has 0 fully saturated rings. The van der Waals surface area contributed by atoms with E-state index in [1.54, 1.807) is 18.0 Å². The normalized spacial score (nSPS) is 11.4. The van der Waals surface area contributed by atoms with E-state index in [0.717, 1.165) is 28.7 Å². The van der Waals surface area contributed by atoms with Crippen LogP contribution in [0.2, 0.25) is 0 Å². The summed E-state index contributed by atoms with van der Waals surface area (Å²) in [6.07, 6.45) is 4.47. The Labute approximate surface area is 117 Å². The van der Waals surface area contributed by atoms with Crippen molar-refractivity contribution in [1.29, 1.82) is 0 Å². The molecule has 1 aromatic carbocycles. The molecular weight excluding hydrogens is 256 g/mol. The van der Waals surface area contributed by atoms with Crippen LogP contribution >= 0.6 is 11.8 Å². The van der Waals surface area contributed by atoms with Gasteiger partial charge in [0.25, 0.3) is 0 Å². The van der Waals surface area contributed by atoms with Crippen molar-refractivity contribution in [2.75, 3.05) is 11.7 Å². The van der Waals surface area contributed by atoms with E-state index in [1.807, 2.05) is 49.6 Å². The number of anilines is 1. The summed E-state index contributed by atoms with van der Waals surface area (Å²) in [5.41, 5.74) is 5.98. The van der Waals surface area contributed by atoms with Crippen LogP contribution in [0.3, 0.4) is 0 Å². The topological polar surface area (TPSA) is 50.2 Å². The van der Waals surface area contributed by atoms with Crippen molar-refractivity contribution in [3.8, 4) is 0 Å². The van der Waals surface area contributed by atoms with Gasteiger partial charge in [-0.1, -0.05) is 30.0 Å². The summed E-state index contributed by atoms with van der Waals surface area (Å²) in [4.78, 5) is 8.58. The number of rotatable bonds is 5. The molecule has 0 unspecified atom stereocenters. The molecule has 0 atom stereocenters. The third kappa shape index (κ3) is 4.37. The third-order valence-electron chi connectivity index (χ3n) is 2.46. The molecule has 2 rings (SSSR count). The number of hydrogen-bond donors (Lipinski definition) is 1. The fraction of sp³-hybridized carbons (Fsp3) is 0.214. The molecule has 19 heavy (non-hydrogen) atoms. The van der Waals surface area contributed by atoms with Crippen LogP contribution < -0.4 is 5.43 Å². The smallest absolute Gasteiger partial charge is 0.187 e. The molecule has 0 amide bonds. The second-order valence-corrected chi connectivity index (χ2v) is 4.81. The van der Waals surface area contributed by atoms with E-state index in [2.05, 4.69) is 20.5 Å². The molecule has 4 nitrogen and oxygen atoms in total. The van der Waals surface area contributed by atoms with Crippen LogP contribution in [0.25, 0.3) is 0 Å². The number of para-hydroxylation sites is 1. The number of thioether (sulfide) groups is 1. The van der Waals surface area contributed by atoms with E-state index < -0.39 is 0 Å². The number of nitrogens with one attached hydrogen (secondary N) is 1. The molecule has 1 heterocycles. The second kappa shape index (κ2) is 6.89. The highest BCUT2D eigenvalue weighted by atomic mass is 32.2. The summed E-state index contributed by atoms with van der Waals surface area (Å²) in [5.74, 6) is 0. The maximum Gasteiger partial charge on any atom is 0.187 e. The van der Waals surface area contributed by atoms with E-state index in [0.29, 0.717) is 0 Å². The Morgan fingerprint density at radius 1 is 1.26 bits per heavy atom. The van der Waals surface area contributed by atoms with Crippen LogP contribution in [0.1, 0.15) is 12.6 Å². The lowest BCUT2D eigenvalue weighted by molar-refractivity contribution is 0.918. The Morgan fingerprint density at radius 3 is 2.79 bits per heavy atom. The van der Waals surface area contributed by atoms with Crippen molar-refractivity contribution >= 4 is 23.2 Å². The Balaban J connectivity index is 1.98. The SMILES string of the molecule is CSc1nccc(C/C(C)=N/Nc2ccccc2)n1. The average Bonchev–Trinajstić information content (AvgIpc) is 2.46. The Bertz CT molecular complexity index is 554. The zero-order chi connectivity index (χ0) is 13.5. The van der Waals surface area contributed by atoms with Gasteiger partial charge in [-0.3, -0.25) is 5.43 Å². The van der Waals surface area contributed by atoms with E-state index in [4.69, 9.17) is 0 Å². The lowest BCUT2D eigenvalue weighted by Gasteiger charge is -2.04. The Kier molecular flexibility index (Phi) is 4.92. The number of benzene rings is 1. The lowest BCUT2D eigenvalue weighted by Crippen LogP contribution is -2.04. The quantitative estimate of drug-likeness (QED) is 0.393. The summed E-state index contributed by atoms with van der Waals surface area (Å²) < 4.78 is 0. The van der Waals surface area contributed by atoms with Gasteiger partial charge in [0.1, 0.15) is 0 Å². The van der Waals surface area contributed by atoms with Crippen molar-refractivity contribution in [1.82, 2.24) is 9.97 Å². The standard InChI is InChI=1S/C14H16N4S/c1-11(17-18-12-6-4-3-5-7-12)10-13-8-9-15-14(16-13)19-2/h3-9,18H,10H2,1-2H3/b17-11+. The van der Waals surface area contributed by atoms with Gasteiger partial charge in [0, 0.05) is 18.3 Å². The monoisotopic (exact) mass is 272 g/mol. The molecule has 0 saturated carbocycles. The molecule has 98 valence electrons. The first-order valence-electron chi connectivity index (χ1n) is 5.98. The maximum atomic E-state index is 4.43. The summed E-state index contributed by atoms with van der Waals surface area (Å²) >= 11 is 1.54. The fourth-order valence-electron chi connectivity index (χ4n) is 1.55. The van der Waals surface area contributed by atoms with E-state index >= 15 is 0 Å². The van der Waals surface area contributed by atoms with Crippen molar-refractivity contribution in [3.05, 3.63) is 48.3 Å². The van der Waals surface area contributed by atoms with E-state index in [9.17, 15) is 0 Å². The number of aromatic nitrogens is 2. The number of hydrazone groups is 1. The number of hydrogen-bond acceptors (Lipinski definition) is 5. The van der Waals surface area contributed by atoms with Gasteiger partial charge in [-0.15, -0.1) is 0 Å². The maximum absolute atomic E-state index is 4.43. The lowest BCUT2D eigenvalue weighted by atomic mass is 10.2. The van der Waals surface area contributed by atoms with Gasteiger partial charge < -0.3 is 0 Å². The first kappa shape index (κ1) is 13.5. The molecule has 0 aliphatic heterocycles.